The molecule has 3 N–H and O–H groups in total. The molecule has 0 aliphatic heterocycles. The lowest BCUT2D eigenvalue weighted by atomic mass is 10.0. The van der Waals surface area contributed by atoms with Gasteiger partial charge in [-0.15, -0.1) is 0 Å². The third-order valence-electron chi connectivity index (χ3n) is 4.91. The van der Waals surface area contributed by atoms with E-state index in [1.54, 1.807) is 32.9 Å². The molecule has 1 unspecified atom stereocenters. The SMILES string of the molecule is COC(=O)C(Cc1ccc(C(F)(F)F)cc1)NC(=O)[C@H](Cc1ccc(O)cc1)NC(=O)OC(C)(C)C. The number of aromatic hydroxyl groups is 1. The van der Waals surface area contributed by atoms with E-state index in [1.807, 2.05) is 0 Å². The van der Waals surface area contributed by atoms with Crippen LogP contribution in [0.25, 0.3) is 0 Å². The van der Waals surface area contributed by atoms with Gasteiger partial charge in [-0.25, -0.2) is 9.59 Å². The van der Waals surface area contributed by atoms with Gasteiger partial charge in [0.05, 0.1) is 12.7 Å². The second-order valence-electron chi connectivity index (χ2n) is 9.05. The molecule has 11 heteroatoms. The minimum atomic E-state index is -4.51. The van der Waals surface area contributed by atoms with Gasteiger partial charge in [-0.3, -0.25) is 4.79 Å². The third-order valence-corrected chi connectivity index (χ3v) is 4.91. The number of halogens is 3. The van der Waals surface area contributed by atoms with Gasteiger partial charge in [0.2, 0.25) is 5.91 Å². The molecule has 0 saturated carbocycles. The first-order valence-corrected chi connectivity index (χ1v) is 11.0. The molecule has 2 aromatic rings. The average Bonchev–Trinajstić information content (AvgIpc) is 2.77. The highest BCUT2D eigenvalue weighted by molar-refractivity contribution is 5.90. The number of nitrogens with one attached hydrogen (secondary N) is 2. The number of carbonyl (C=O) groups is 3. The normalized spacial score (nSPS) is 13.3. The first kappa shape index (κ1) is 28.5. The molecule has 0 heterocycles. The predicted molar refractivity (Wildman–Crippen MR) is 124 cm³/mol. The quantitative estimate of drug-likeness (QED) is 0.466. The maximum atomic E-state index is 13.1. The zero-order valence-corrected chi connectivity index (χ0v) is 20.3. The van der Waals surface area contributed by atoms with Crippen molar-refractivity contribution in [2.75, 3.05) is 7.11 Å². The predicted octanol–water partition coefficient (Wildman–Crippen LogP) is 3.75. The van der Waals surface area contributed by atoms with Crippen molar-refractivity contribution < 1.29 is 42.1 Å². The molecule has 2 aromatic carbocycles. The summed E-state index contributed by atoms with van der Waals surface area (Å²) in [7, 11) is 1.11. The number of alkyl carbamates (subject to hydrolysis) is 1. The maximum absolute atomic E-state index is 13.1. The number of esters is 1. The molecule has 2 atom stereocenters. The summed E-state index contributed by atoms with van der Waals surface area (Å²) >= 11 is 0. The summed E-state index contributed by atoms with van der Waals surface area (Å²) in [5.41, 5.74) is -0.725. The van der Waals surface area contributed by atoms with Gasteiger partial charge in [-0.2, -0.15) is 13.2 Å². The van der Waals surface area contributed by atoms with E-state index in [1.165, 1.54) is 24.3 Å². The number of phenols is 1. The van der Waals surface area contributed by atoms with Crippen molar-refractivity contribution in [1.82, 2.24) is 10.6 Å². The summed E-state index contributed by atoms with van der Waals surface area (Å²) in [6, 6.07) is 7.71. The van der Waals surface area contributed by atoms with E-state index in [0.717, 1.165) is 19.2 Å². The smallest absolute Gasteiger partial charge is 0.416 e. The Morgan fingerprint density at radius 1 is 0.861 bits per heavy atom. The van der Waals surface area contributed by atoms with Crippen molar-refractivity contribution in [3.8, 4) is 5.75 Å². The number of phenolic OH excluding ortho intramolecular Hbond substituents is 1. The van der Waals surface area contributed by atoms with Crippen molar-refractivity contribution >= 4 is 18.0 Å². The van der Waals surface area contributed by atoms with E-state index < -0.39 is 47.4 Å². The molecule has 2 rings (SSSR count). The standard InChI is InChI=1S/C25H29F3N2O6/c1-24(2,3)36-23(34)30-19(13-16-7-11-18(31)12-8-16)21(32)29-20(22(33)35-4)14-15-5-9-17(10-6-15)25(26,27)28/h5-12,19-20,31H,13-14H2,1-4H3,(H,29,32)(H,30,34)/t19-,20?/m0/s1. The second-order valence-corrected chi connectivity index (χ2v) is 9.05. The largest absolute Gasteiger partial charge is 0.508 e. The van der Waals surface area contributed by atoms with E-state index in [0.29, 0.717) is 11.1 Å². The Kier molecular flexibility index (Phi) is 9.32. The summed E-state index contributed by atoms with van der Waals surface area (Å²) < 4.78 is 48.5. The fraction of sp³-hybridized carbons (Fsp3) is 0.400. The number of amides is 2. The van der Waals surface area contributed by atoms with Gasteiger partial charge in [-0.05, 0) is 56.2 Å². The van der Waals surface area contributed by atoms with E-state index >= 15 is 0 Å². The van der Waals surface area contributed by atoms with Gasteiger partial charge in [0.15, 0.2) is 0 Å². The summed E-state index contributed by atoms with van der Waals surface area (Å²) in [6.07, 6.45) is -5.52. The molecule has 2 amide bonds. The van der Waals surface area contributed by atoms with Gasteiger partial charge >= 0.3 is 18.2 Å². The fourth-order valence-corrected chi connectivity index (χ4v) is 3.20. The van der Waals surface area contributed by atoms with Crippen LogP contribution in [0, 0.1) is 0 Å². The Balaban J connectivity index is 2.23. The lowest BCUT2D eigenvalue weighted by molar-refractivity contribution is -0.145. The Morgan fingerprint density at radius 2 is 1.36 bits per heavy atom. The molecular weight excluding hydrogens is 481 g/mol. The van der Waals surface area contributed by atoms with Gasteiger partial charge < -0.3 is 25.2 Å². The molecule has 0 saturated heterocycles. The van der Waals surface area contributed by atoms with Crippen molar-refractivity contribution in [2.24, 2.45) is 0 Å². The van der Waals surface area contributed by atoms with Crippen LogP contribution in [0.4, 0.5) is 18.0 Å². The van der Waals surface area contributed by atoms with Gasteiger partial charge in [-0.1, -0.05) is 24.3 Å². The van der Waals surface area contributed by atoms with Crippen LogP contribution in [0.1, 0.15) is 37.5 Å². The number of hydrogen-bond donors (Lipinski definition) is 3. The molecule has 0 radical (unpaired) electrons. The highest BCUT2D eigenvalue weighted by atomic mass is 19.4. The molecule has 8 nitrogen and oxygen atoms in total. The Hall–Kier alpha value is -3.76. The molecule has 0 spiro atoms. The van der Waals surface area contributed by atoms with Gasteiger partial charge in [0.25, 0.3) is 0 Å². The zero-order valence-electron chi connectivity index (χ0n) is 20.3. The van der Waals surface area contributed by atoms with Crippen LogP contribution < -0.4 is 10.6 Å². The summed E-state index contributed by atoms with van der Waals surface area (Å²) in [6.45, 7) is 4.96. The molecule has 0 aliphatic carbocycles. The second kappa shape index (κ2) is 11.8. The molecule has 0 fully saturated rings. The summed E-state index contributed by atoms with van der Waals surface area (Å²) in [5.74, 6) is -1.54. The van der Waals surface area contributed by atoms with Gasteiger partial charge in [0, 0.05) is 12.8 Å². The number of methoxy groups -OCH3 is 1. The molecule has 196 valence electrons. The van der Waals surface area contributed by atoms with E-state index in [9.17, 15) is 32.7 Å². The highest BCUT2D eigenvalue weighted by Crippen LogP contribution is 2.29. The first-order chi connectivity index (χ1) is 16.7. The minimum absolute atomic E-state index is 0.000468. The van der Waals surface area contributed by atoms with Crippen molar-refractivity contribution in [3.63, 3.8) is 0 Å². The highest BCUT2D eigenvalue weighted by Gasteiger charge is 2.31. The number of rotatable bonds is 8. The summed E-state index contributed by atoms with van der Waals surface area (Å²) in [5, 5.41) is 14.5. The molecular formula is C25H29F3N2O6. The lowest BCUT2D eigenvalue weighted by Gasteiger charge is -2.25. The van der Waals surface area contributed by atoms with E-state index in [2.05, 4.69) is 10.6 Å². The van der Waals surface area contributed by atoms with Crippen LogP contribution in [0.15, 0.2) is 48.5 Å². The van der Waals surface area contributed by atoms with E-state index in [4.69, 9.17) is 9.47 Å². The number of alkyl halides is 3. The van der Waals surface area contributed by atoms with Crippen LogP contribution in [0.5, 0.6) is 5.75 Å². The Labute approximate surface area is 206 Å². The Morgan fingerprint density at radius 3 is 1.83 bits per heavy atom. The molecule has 0 bridgehead atoms. The van der Waals surface area contributed by atoms with E-state index in [-0.39, 0.29) is 18.6 Å². The monoisotopic (exact) mass is 510 g/mol. The van der Waals surface area contributed by atoms with Crippen LogP contribution >= 0.6 is 0 Å². The topological polar surface area (TPSA) is 114 Å². The molecule has 0 aromatic heterocycles. The molecule has 36 heavy (non-hydrogen) atoms. The number of hydrogen-bond acceptors (Lipinski definition) is 6. The fourth-order valence-electron chi connectivity index (χ4n) is 3.20. The van der Waals surface area contributed by atoms with Crippen molar-refractivity contribution in [1.29, 1.82) is 0 Å². The third kappa shape index (κ3) is 9.12. The molecule has 0 aliphatic rings. The van der Waals surface area contributed by atoms with Crippen LogP contribution in [-0.2, 0) is 38.1 Å². The zero-order chi connectivity index (χ0) is 27.1. The number of benzene rings is 2. The maximum Gasteiger partial charge on any atom is 0.416 e. The van der Waals surface area contributed by atoms with Crippen molar-refractivity contribution in [2.45, 2.75) is 57.5 Å². The summed E-state index contributed by atoms with van der Waals surface area (Å²) in [4.78, 5) is 37.8. The van der Waals surface area contributed by atoms with Crippen LogP contribution in [0.3, 0.4) is 0 Å². The lowest BCUT2D eigenvalue weighted by Crippen LogP contribution is -2.53. The van der Waals surface area contributed by atoms with Crippen molar-refractivity contribution in [3.05, 3.63) is 65.2 Å². The number of ether oxygens (including phenoxy) is 2. The van der Waals surface area contributed by atoms with Gasteiger partial charge in [0.1, 0.15) is 23.4 Å². The number of carbonyl (C=O) groups excluding carboxylic acids is 3. The van der Waals surface area contributed by atoms with Crippen LogP contribution in [0.2, 0.25) is 0 Å². The average molecular weight is 511 g/mol. The first-order valence-electron chi connectivity index (χ1n) is 11.0. The Bertz CT molecular complexity index is 1050. The van der Waals surface area contributed by atoms with Crippen LogP contribution in [-0.4, -0.2) is 47.9 Å². The minimum Gasteiger partial charge on any atom is -0.508 e.